The number of rotatable bonds is 4. The number of aromatic nitrogens is 1. The van der Waals surface area contributed by atoms with E-state index in [2.05, 4.69) is 10.3 Å². The van der Waals surface area contributed by atoms with E-state index in [0.717, 1.165) is 38.5 Å². The summed E-state index contributed by atoms with van der Waals surface area (Å²) in [6.07, 6.45) is 9.30. The standard InChI is InChI=1S/C25H29N5O3/c1-33-21-11-9-18(10-12-21)22(31)29-15-5-13-25(17-29)23(27-19-6-2-3-7-19)28-24(32)30(25)20-8-4-14-26-16-20/h4,8-12,14,16,19H,2-3,5-7,13,15,17H2,1H3,(H,27,28,32). The molecule has 0 bridgehead atoms. The van der Waals surface area contributed by atoms with Crippen molar-refractivity contribution in [3.8, 4) is 5.75 Å². The first-order chi connectivity index (χ1) is 16.1. The lowest BCUT2D eigenvalue weighted by molar-refractivity contribution is 0.0686. The third kappa shape index (κ3) is 3.94. The Hall–Kier alpha value is -3.42. The van der Waals surface area contributed by atoms with Crippen LogP contribution in [0, 0.1) is 0 Å². The van der Waals surface area contributed by atoms with Crippen molar-refractivity contribution < 1.29 is 14.3 Å². The first-order valence-electron chi connectivity index (χ1n) is 11.6. The minimum Gasteiger partial charge on any atom is -0.497 e. The summed E-state index contributed by atoms with van der Waals surface area (Å²) in [6.45, 7) is 1.02. The molecule has 5 rings (SSSR count). The monoisotopic (exact) mass is 447 g/mol. The second kappa shape index (κ2) is 8.84. The first kappa shape index (κ1) is 21.4. The summed E-state index contributed by atoms with van der Waals surface area (Å²) < 4.78 is 5.22. The highest BCUT2D eigenvalue weighted by atomic mass is 16.5. The lowest BCUT2D eigenvalue weighted by atomic mass is 9.86. The highest BCUT2D eigenvalue weighted by Crippen LogP contribution is 2.38. The molecule has 8 heteroatoms. The number of nitrogens with one attached hydrogen (secondary N) is 1. The van der Waals surface area contributed by atoms with Crippen LogP contribution in [-0.4, -0.2) is 59.4 Å². The van der Waals surface area contributed by atoms with Crippen LogP contribution in [0.15, 0.2) is 53.8 Å². The van der Waals surface area contributed by atoms with E-state index in [1.165, 1.54) is 0 Å². The van der Waals surface area contributed by atoms with Crippen LogP contribution in [0.1, 0.15) is 48.9 Å². The normalized spacial score (nSPS) is 24.5. The molecule has 2 aliphatic heterocycles. The molecule has 1 N–H and O–H groups in total. The number of nitrogens with zero attached hydrogens (tertiary/aromatic N) is 4. The van der Waals surface area contributed by atoms with E-state index >= 15 is 0 Å². The number of amidine groups is 1. The van der Waals surface area contributed by atoms with Crippen LogP contribution in [-0.2, 0) is 0 Å². The van der Waals surface area contributed by atoms with Crippen molar-refractivity contribution in [2.24, 2.45) is 4.99 Å². The maximum Gasteiger partial charge on any atom is 0.328 e. The minimum absolute atomic E-state index is 0.0533. The van der Waals surface area contributed by atoms with Crippen molar-refractivity contribution in [1.29, 1.82) is 0 Å². The van der Waals surface area contributed by atoms with E-state index in [9.17, 15) is 9.59 Å². The van der Waals surface area contributed by atoms with E-state index in [0.29, 0.717) is 35.9 Å². The van der Waals surface area contributed by atoms with Gasteiger partial charge in [-0.2, -0.15) is 0 Å². The Labute approximate surface area is 193 Å². The maximum atomic E-state index is 13.4. The molecule has 3 aliphatic rings. The highest BCUT2D eigenvalue weighted by Gasteiger charge is 2.54. The average molecular weight is 448 g/mol. The Kier molecular flexibility index (Phi) is 5.74. The summed E-state index contributed by atoms with van der Waals surface area (Å²) in [4.78, 5) is 39.5. The Morgan fingerprint density at radius 2 is 1.97 bits per heavy atom. The van der Waals surface area contributed by atoms with E-state index < -0.39 is 5.54 Å². The second-order valence-electron chi connectivity index (χ2n) is 8.98. The summed E-state index contributed by atoms with van der Waals surface area (Å²) in [5, 5.41) is 3.06. The van der Waals surface area contributed by atoms with Gasteiger partial charge in [-0.1, -0.05) is 12.8 Å². The number of benzene rings is 1. The summed E-state index contributed by atoms with van der Waals surface area (Å²) in [6, 6.07) is 10.9. The fourth-order valence-corrected chi connectivity index (χ4v) is 5.29. The zero-order chi connectivity index (χ0) is 22.8. The lowest BCUT2D eigenvalue weighted by Crippen LogP contribution is -2.61. The molecule has 1 atom stereocenters. The van der Waals surface area contributed by atoms with Crippen molar-refractivity contribution in [1.82, 2.24) is 15.2 Å². The van der Waals surface area contributed by atoms with Crippen LogP contribution in [0.3, 0.4) is 0 Å². The topological polar surface area (TPSA) is 87.1 Å². The molecule has 1 aromatic carbocycles. The molecular weight excluding hydrogens is 418 g/mol. The molecule has 1 saturated carbocycles. The number of anilines is 1. The van der Waals surface area contributed by atoms with Crippen molar-refractivity contribution in [3.05, 3.63) is 54.4 Å². The number of hydrogen-bond acceptors (Lipinski definition) is 5. The molecule has 2 aromatic rings. The van der Waals surface area contributed by atoms with Crippen LogP contribution < -0.4 is 15.0 Å². The number of carbonyl (C=O) groups excluding carboxylic acids is 2. The number of aliphatic imine (C=N–C) groups is 1. The fourth-order valence-electron chi connectivity index (χ4n) is 5.29. The zero-order valence-corrected chi connectivity index (χ0v) is 18.9. The number of likely N-dealkylation sites (tertiary alicyclic amines) is 1. The van der Waals surface area contributed by atoms with Crippen molar-refractivity contribution in [2.75, 3.05) is 25.1 Å². The van der Waals surface area contributed by atoms with Crippen LogP contribution in [0.2, 0.25) is 0 Å². The molecule has 1 unspecified atom stereocenters. The van der Waals surface area contributed by atoms with Gasteiger partial charge in [-0.3, -0.25) is 25.0 Å². The van der Waals surface area contributed by atoms with Crippen molar-refractivity contribution in [3.63, 3.8) is 0 Å². The molecule has 1 spiro atoms. The Bertz CT molecular complexity index is 1050. The summed E-state index contributed by atoms with van der Waals surface area (Å²) in [5.74, 6) is 1.35. The van der Waals surface area contributed by atoms with Crippen LogP contribution in [0.4, 0.5) is 10.5 Å². The van der Waals surface area contributed by atoms with E-state index in [1.54, 1.807) is 48.7 Å². The lowest BCUT2D eigenvalue weighted by Gasteiger charge is -2.44. The molecule has 3 amide bonds. The molecule has 1 aromatic heterocycles. The molecule has 2 saturated heterocycles. The molecular formula is C25H29N5O3. The predicted octanol–water partition coefficient (Wildman–Crippen LogP) is 3.64. The van der Waals surface area contributed by atoms with Gasteiger partial charge in [0.15, 0.2) is 0 Å². The summed E-state index contributed by atoms with van der Waals surface area (Å²) in [5.41, 5.74) is 0.598. The number of ether oxygens (including phenoxy) is 1. The van der Waals surface area contributed by atoms with E-state index in [-0.39, 0.29) is 18.0 Å². The highest BCUT2D eigenvalue weighted by molar-refractivity contribution is 6.19. The minimum atomic E-state index is -0.719. The third-order valence-electron chi connectivity index (χ3n) is 6.93. The van der Waals surface area contributed by atoms with Gasteiger partial charge in [-0.15, -0.1) is 0 Å². The van der Waals surface area contributed by atoms with Gasteiger partial charge in [0.2, 0.25) is 0 Å². The summed E-state index contributed by atoms with van der Waals surface area (Å²) >= 11 is 0. The zero-order valence-electron chi connectivity index (χ0n) is 18.9. The van der Waals surface area contributed by atoms with Gasteiger partial charge < -0.3 is 9.64 Å². The van der Waals surface area contributed by atoms with Gasteiger partial charge in [0.1, 0.15) is 17.1 Å². The Morgan fingerprint density at radius 1 is 1.18 bits per heavy atom. The smallest absolute Gasteiger partial charge is 0.328 e. The number of carbonyl (C=O) groups is 2. The van der Waals surface area contributed by atoms with Gasteiger partial charge in [-0.05, 0) is 62.1 Å². The van der Waals surface area contributed by atoms with Gasteiger partial charge in [0.05, 0.1) is 31.6 Å². The quantitative estimate of drug-likeness (QED) is 0.775. The average Bonchev–Trinajstić information content (AvgIpc) is 3.45. The maximum absolute atomic E-state index is 13.4. The molecule has 8 nitrogen and oxygen atoms in total. The molecule has 1 aliphatic carbocycles. The first-order valence-corrected chi connectivity index (χ1v) is 11.6. The number of hydrogen-bond donors (Lipinski definition) is 1. The summed E-state index contributed by atoms with van der Waals surface area (Å²) in [7, 11) is 1.60. The predicted molar refractivity (Wildman–Crippen MR) is 126 cm³/mol. The molecule has 172 valence electrons. The number of urea groups is 1. The largest absolute Gasteiger partial charge is 0.497 e. The fraction of sp³-hybridized carbons (Fsp3) is 0.440. The van der Waals surface area contributed by atoms with Crippen molar-refractivity contribution in [2.45, 2.75) is 50.1 Å². The van der Waals surface area contributed by atoms with Crippen molar-refractivity contribution >= 4 is 23.5 Å². The van der Waals surface area contributed by atoms with E-state index in [4.69, 9.17) is 9.73 Å². The number of methoxy groups -OCH3 is 1. The van der Waals surface area contributed by atoms with Gasteiger partial charge in [0, 0.05) is 18.3 Å². The van der Waals surface area contributed by atoms with Gasteiger partial charge in [-0.25, -0.2) is 4.79 Å². The third-order valence-corrected chi connectivity index (χ3v) is 6.93. The Balaban J connectivity index is 1.51. The molecule has 3 heterocycles. The second-order valence-corrected chi connectivity index (χ2v) is 8.98. The van der Waals surface area contributed by atoms with Crippen LogP contribution >= 0.6 is 0 Å². The van der Waals surface area contributed by atoms with Gasteiger partial charge >= 0.3 is 6.03 Å². The molecule has 0 radical (unpaired) electrons. The van der Waals surface area contributed by atoms with E-state index in [1.807, 2.05) is 17.0 Å². The number of pyridine rings is 1. The number of amides is 3. The van der Waals surface area contributed by atoms with Crippen LogP contribution in [0.5, 0.6) is 5.75 Å². The molecule has 33 heavy (non-hydrogen) atoms. The number of piperidine rings is 1. The van der Waals surface area contributed by atoms with Crippen LogP contribution in [0.25, 0.3) is 0 Å². The van der Waals surface area contributed by atoms with Gasteiger partial charge in [0.25, 0.3) is 5.91 Å². The SMILES string of the molecule is COc1ccc(C(=O)N2CCCC3(C2)C(=NC2CCCC2)NC(=O)N3c2cccnc2)cc1. The Morgan fingerprint density at radius 3 is 2.67 bits per heavy atom. The molecule has 3 fully saturated rings.